The molecule has 264 valence electrons. The number of halogens is 1. The zero-order valence-corrected chi connectivity index (χ0v) is 29.4. The highest BCUT2D eigenvalue weighted by molar-refractivity contribution is 6.30. The highest BCUT2D eigenvalue weighted by Crippen LogP contribution is 2.31. The summed E-state index contributed by atoms with van der Waals surface area (Å²) in [4.78, 5) is 28.7. The molecule has 1 aliphatic heterocycles. The van der Waals surface area contributed by atoms with E-state index in [0.29, 0.717) is 24.4 Å². The smallest absolute Gasteiger partial charge is 0.248 e. The summed E-state index contributed by atoms with van der Waals surface area (Å²) in [5.74, 6) is -0.683. The van der Waals surface area contributed by atoms with Crippen molar-refractivity contribution in [3.63, 3.8) is 0 Å². The molecule has 1 aliphatic rings. The molecule has 0 aromatic heterocycles. The number of nitrogens with zero attached hydrogens (tertiary/aromatic N) is 1. The maximum Gasteiger partial charge on any atom is 0.248 e. The summed E-state index contributed by atoms with van der Waals surface area (Å²) in [6.07, 6.45) is 4.76. The fraction of sp³-hybridized carbons (Fsp3) is 0.436. The second kappa shape index (κ2) is 18.4. The number of carbonyl (C=O) groups excluding carboxylic acids is 2. The van der Waals surface area contributed by atoms with Gasteiger partial charge in [-0.3, -0.25) is 14.9 Å². The molecular formula is C39H51ClN4O5. The van der Waals surface area contributed by atoms with E-state index in [2.05, 4.69) is 10.6 Å². The van der Waals surface area contributed by atoms with Crippen LogP contribution >= 0.6 is 11.6 Å². The summed E-state index contributed by atoms with van der Waals surface area (Å²) in [7, 11) is 0. The molecule has 49 heavy (non-hydrogen) atoms. The van der Waals surface area contributed by atoms with Crippen LogP contribution in [0, 0.1) is 5.41 Å². The van der Waals surface area contributed by atoms with Crippen molar-refractivity contribution in [1.82, 2.24) is 15.5 Å². The molecule has 1 unspecified atom stereocenters. The van der Waals surface area contributed by atoms with Gasteiger partial charge in [0.1, 0.15) is 12.3 Å². The predicted molar refractivity (Wildman–Crippen MR) is 194 cm³/mol. The van der Waals surface area contributed by atoms with Gasteiger partial charge in [0.25, 0.3) is 0 Å². The molecule has 0 bridgehead atoms. The number of ether oxygens (including phenoxy) is 1. The second-order valence-electron chi connectivity index (χ2n) is 13.3. The summed E-state index contributed by atoms with van der Waals surface area (Å²) in [6, 6.07) is 24.6. The predicted octanol–water partition coefficient (Wildman–Crippen LogP) is 4.38. The van der Waals surface area contributed by atoms with E-state index in [9.17, 15) is 19.8 Å². The van der Waals surface area contributed by atoms with Crippen molar-refractivity contribution in [2.75, 3.05) is 13.2 Å². The molecular weight excluding hydrogens is 640 g/mol. The standard InChI is InChI=1S/C39H51ClN4O5/c1-27(41)36(46)43-35(28(2)49-26-30-14-8-5-9-15-30)37(47)44-21-11-18-34(44)19-20-39(3,24-31-16-10-17-32(40)22-31)38(48)42-33(25-45)23-29-12-6-4-7-13-29/h4-10,12-17,19-20,22,27-28,33-35,38,42,45,48H,11,18,21,23-26,41H2,1-3H3,(H,43,46)/b20-19+/t27-,28+,33-,34-,35-,38?,39-/m0/s1. The summed E-state index contributed by atoms with van der Waals surface area (Å²) in [6.45, 7) is 5.95. The number of benzene rings is 3. The van der Waals surface area contributed by atoms with Crippen molar-refractivity contribution in [3.05, 3.63) is 119 Å². The number of rotatable bonds is 17. The molecule has 3 aromatic carbocycles. The van der Waals surface area contributed by atoms with E-state index in [-0.39, 0.29) is 31.2 Å². The van der Waals surface area contributed by atoms with E-state index in [1.807, 2.05) is 104 Å². The third-order valence-electron chi connectivity index (χ3n) is 9.12. The molecule has 1 heterocycles. The quantitative estimate of drug-likeness (QED) is 0.105. The van der Waals surface area contributed by atoms with Gasteiger partial charge in [0.2, 0.25) is 11.8 Å². The van der Waals surface area contributed by atoms with Crippen LogP contribution in [-0.2, 0) is 33.8 Å². The first kappa shape index (κ1) is 38.2. The average Bonchev–Trinajstić information content (AvgIpc) is 3.57. The van der Waals surface area contributed by atoms with E-state index in [1.165, 1.54) is 0 Å². The number of carbonyl (C=O) groups is 2. The molecule has 2 amide bonds. The largest absolute Gasteiger partial charge is 0.395 e. The van der Waals surface area contributed by atoms with Crippen LogP contribution < -0.4 is 16.4 Å². The Morgan fingerprint density at radius 2 is 1.69 bits per heavy atom. The highest BCUT2D eigenvalue weighted by Gasteiger charge is 2.38. The van der Waals surface area contributed by atoms with Crippen LogP contribution in [0.4, 0.5) is 0 Å². The van der Waals surface area contributed by atoms with Crippen molar-refractivity contribution in [2.24, 2.45) is 11.1 Å². The Balaban J connectivity index is 1.56. The lowest BCUT2D eigenvalue weighted by Crippen LogP contribution is -2.57. The first-order chi connectivity index (χ1) is 23.5. The fourth-order valence-corrected chi connectivity index (χ4v) is 6.37. The maximum atomic E-state index is 14.2. The highest BCUT2D eigenvalue weighted by atomic mass is 35.5. The van der Waals surface area contributed by atoms with Crippen LogP contribution in [0.15, 0.2) is 97.1 Å². The number of nitrogens with one attached hydrogen (secondary N) is 2. The van der Waals surface area contributed by atoms with Gasteiger partial charge in [0, 0.05) is 23.0 Å². The third kappa shape index (κ3) is 11.2. The van der Waals surface area contributed by atoms with Crippen LogP contribution in [0.2, 0.25) is 5.02 Å². The summed E-state index contributed by atoms with van der Waals surface area (Å²) < 4.78 is 6.11. The summed E-state index contributed by atoms with van der Waals surface area (Å²) >= 11 is 6.33. The fourth-order valence-electron chi connectivity index (χ4n) is 6.16. The van der Waals surface area contributed by atoms with Crippen molar-refractivity contribution >= 4 is 23.4 Å². The van der Waals surface area contributed by atoms with E-state index >= 15 is 0 Å². The average molecular weight is 691 g/mol. The van der Waals surface area contributed by atoms with Gasteiger partial charge in [-0.15, -0.1) is 0 Å². The zero-order chi connectivity index (χ0) is 35.4. The first-order valence-corrected chi connectivity index (χ1v) is 17.4. The Kier molecular flexibility index (Phi) is 14.4. The van der Waals surface area contributed by atoms with Crippen LogP contribution in [0.5, 0.6) is 0 Å². The minimum Gasteiger partial charge on any atom is -0.395 e. The van der Waals surface area contributed by atoms with Gasteiger partial charge >= 0.3 is 0 Å². The normalized spacial score (nSPS) is 19.2. The van der Waals surface area contributed by atoms with Crippen LogP contribution in [0.1, 0.15) is 50.3 Å². The van der Waals surface area contributed by atoms with Gasteiger partial charge in [0.05, 0.1) is 31.4 Å². The Hall–Kier alpha value is -3.57. The van der Waals surface area contributed by atoms with Gasteiger partial charge in [-0.05, 0) is 68.4 Å². The van der Waals surface area contributed by atoms with Crippen LogP contribution in [-0.4, -0.2) is 76.6 Å². The SMILES string of the molecule is C[C@H](N)C(=O)N[C@H](C(=O)N1CCC[C@H]1/C=C/[C@@](C)(Cc1cccc(Cl)c1)C(O)N[C@H](CO)Cc1ccccc1)[C@@H](C)OCc1ccccc1. The van der Waals surface area contributed by atoms with Gasteiger partial charge in [-0.25, -0.2) is 0 Å². The van der Waals surface area contributed by atoms with Crippen molar-refractivity contribution < 1.29 is 24.5 Å². The Labute approximate surface area is 295 Å². The molecule has 3 aromatic rings. The lowest BCUT2D eigenvalue weighted by atomic mass is 9.80. The minimum atomic E-state index is -1.04. The number of nitrogens with two attached hydrogens (primary N) is 1. The summed E-state index contributed by atoms with van der Waals surface area (Å²) in [5, 5.41) is 28.6. The van der Waals surface area contributed by atoms with Crippen molar-refractivity contribution in [2.45, 2.75) is 89.6 Å². The molecule has 10 heteroatoms. The number of hydrogen-bond acceptors (Lipinski definition) is 7. The maximum absolute atomic E-state index is 14.2. The minimum absolute atomic E-state index is 0.160. The van der Waals surface area contributed by atoms with E-state index in [1.54, 1.807) is 18.7 Å². The number of likely N-dealkylation sites (tertiary alicyclic amines) is 1. The number of hydrogen-bond donors (Lipinski definition) is 5. The van der Waals surface area contributed by atoms with Gasteiger partial charge in [-0.2, -0.15) is 0 Å². The molecule has 7 atom stereocenters. The Bertz CT molecular complexity index is 1510. The Morgan fingerprint density at radius 1 is 1.04 bits per heavy atom. The molecule has 0 radical (unpaired) electrons. The number of aliphatic hydroxyl groups is 2. The Morgan fingerprint density at radius 3 is 2.33 bits per heavy atom. The number of aliphatic hydroxyl groups excluding tert-OH is 2. The first-order valence-electron chi connectivity index (χ1n) is 17.0. The van der Waals surface area contributed by atoms with Crippen LogP contribution in [0.25, 0.3) is 0 Å². The summed E-state index contributed by atoms with van der Waals surface area (Å²) in [5.41, 5.74) is 7.96. The van der Waals surface area contributed by atoms with E-state index < -0.39 is 35.7 Å². The molecule has 9 nitrogen and oxygen atoms in total. The van der Waals surface area contributed by atoms with E-state index in [4.69, 9.17) is 22.1 Å². The molecule has 0 aliphatic carbocycles. The van der Waals surface area contributed by atoms with E-state index in [0.717, 1.165) is 29.5 Å². The molecule has 6 N–H and O–H groups in total. The zero-order valence-electron chi connectivity index (χ0n) is 28.7. The molecule has 4 rings (SSSR count). The van der Waals surface area contributed by atoms with Crippen molar-refractivity contribution in [1.29, 1.82) is 0 Å². The van der Waals surface area contributed by atoms with Crippen molar-refractivity contribution in [3.8, 4) is 0 Å². The van der Waals surface area contributed by atoms with Crippen LogP contribution in [0.3, 0.4) is 0 Å². The topological polar surface area (TPSA) is 137 Å². The molecule has 0 spiro atoms. The second-order valence-corrected chi connectivity index (χ2v) is 13.8. The van der Waals surface area contributed by atoms with Gasteiger partial charge < -0.3 is 30.9 Å². The molecule has 1 fully saturated rings. The lowest BCUT2D eigenvalue weighted by Gasteiger charge is -2.36. The molecule has 0 saturated carbocycles. The molecule has 1 saturated heterocycles. The number of amides is 2. The monoisotopic (exact) mass is 690 g/mol. The lowest BCUT2D eigenvalue weighted by molar-refractivity contribution is -0.141. The third-order valence-corrected chi connectivity index (χ3v) is 9.36. The van der Waals surface area contributed by atoms with Gasteiger partial charge in [-0.1, -0.05) is 103 Å². The van der Waals surface area contributed by atoms with Gasteiger partial charge in [0.15, 0.2) is 0 Å².